The van der Waals surface area contributed by atoms with Crippen molar-refractivity contribution in [1.29, 1.82) is 0 Å². The normalized spacial score (nSPS) is 19.5. The highest BCUT2D eigenvalue weighted by Crippen LogP contribution is 2.22. The van der Waals surface area contributed by atoms with E-state index in [4.69, 9.17) is 0 Å². The number of benzene rings is 2. The molecule has 2 atom stereocenters. The van der Waals surface area contributed by atoms with Crippen LogP contribution in [0.15, 0.2) is 48.5 Å². The Hall–Kier alpha value is -2.70. The fraction of sp³-hybridized carbons (Fsp3) is 0.333. The van der Waals surface area contributed by atoms with Gasteiger partial charge in [0.2, 0.25) is 5.91 Å². The van der Waals surface area contributed by atoms with Gasteiger partial charge in [-0.2, -0.15) is 0 Å². The number of aromatic nitrogens is 2. The Labute approximate surface area is 159 Å². The van der Waals surface area contributed by atoms with Gasteiger partial charge in [-0.25, -0.2) is 15.8 Å². The minimum atomic E-state index is -0.225. The maximum atomic E-state index is 12.5. The van der Waals surface area contributed by atoms with Crippen molar-refractivity contribution < 1.29 is 4.79 Å². The fourth-order valence-electron chi connectivity index (χ4n) is 3.59. The van der Waals surface area contributed by atoms with Crippen LogP contribution in [-0.2, 0) is 18.3 Å². The molecule has 1 aromatic heterocycles. The van der Waals surface area contributed by atoms with Crippen LogP contribution in [0.5, 0.6) is 0 Å². The molecule has 2 heterocycles. The van der Waals surface area contributed by atoms with E-state index < -0.39 is 0 Å². The molecule has 27 heavy (non-hydrogen) atoms. The number of carbonyl (C=O) groups excluding carboxylic acids is 1. The Kier molecular flexibility index (Phi) is 4.92. The molecule has 2 unspecified atom stereocenters. The van der Waals surface area contributed by atoms with Crippen molar-refractivity contribution in [2.75, 3.05) is 6.54 Å². The largest absolute Gasteiger partial charge is 0.354 e. The van der Waals surface area contributed by atoms with Crippen molar-refractivity contribution >= 4 is 16.9 Å². The molecule has 2 aromatic carbocycles. The summed E-state index contributed by atoms with van der Waals surface area (Å²) in [7, 11) is 2.01. The number of hydrazine groups is 1. The van der Waals surface area contributed by atoms with Gasteiger partial charge < -0.3 is 9.88 Å². The van der Waals surface area contributed by atoms with E-state index in [1.54, 1.807) is 0 Å². The Morgan fingerprint density at radius 1 is 1.19 bits per heavy atom. The molecule has 0 radical (unpaired) electrons. The third-order valence-electron chi connectivity index (χ3n) is 5.23. The second-order valence-corrected chi connectivity index (χ2v) is 7.16. The van der Waals surface area contributed by atoms with Crippen LogP contribution in [0.2, 0.25) is 0 Å². The van der Waals surface area contributed by atoms with Crippen LogP contribution in [0.3, 0.4) is 0 Å². The second-order valence-electron chi connectivity index (χ2n) is 7.16. The first-order valence-corrected chi connectivity index (χ1v) is 9.37. The molecule has 0 spiro atoms. The third kappa shape index (κ3) is 3.72. The summed E-state index contributed by atoms with van der Waals surface area (Å²) in [5, 5.41) is 3.03. The van der Waals surface area contributed by atoms with Crippen molar-refractivity contribution in [3.05, 3.63) is 65.5 Å². The molecule has 1 saturated heterocycles. The molecule has 1 aliphatic heterocycles. The van der Waals surface area contributed by atoms with Gasteiger partial charge in [-0.05, 0) is 31.0 Å². The quantitative estimate of drug-likeness (QED) is 0.650. The lowest BCUT2D eigenvalue weighted by Gasteiger charge is -2.11. The van der Waals surface area contributed by atoms with E-state index in [1.165, 1.54) is 11.1 Å². The summed E-state index contributed by atoms with van der Waals surface area (Å²) in [5.74, 6) is 1.00. The molecule has 4 rings (SSSR count). The van der Waals surface area contributed by atoms with Gasteiger partial charge >= 0.3 is 0 Å². The number of imidazole rings is 1. The number of para-hydroxylation sites is 2. The van der Waals surface area contributed by atoms with E-state index >= 15 is 0 Å². The standard InChI is InChI=1S/C21H25N5O/c1-14-7-9-15(10-8-14)17-13-18(25-24-17)21(27)22-12-11-20-23-16-5-3-4-6-19(16)26(20)2/h3-10,17-18,24-25H,11-13H2,1-2H3,(H,22,27). The molecular weight excluding hydrogens is 338 g/mol. The Morgan fingerprint density at radius 3 is 2.74 bits per heavy atom. The predicted molar refractivity (Wildman–Crippen MR) is 106 cm³/mol. The van der Waals surface area contributed by atoms with E-state index in [1.807, 2.05) is 25.2 Å². The molecule has 0 saturated carbocycles. The molecular formula is C21H25N5O. The number of hydrogen-bond acceptors (Lipinski definition) is 4. The van der Waals surface area contributed by atoms with Crippen LogP contribution in [0.4, 0.5) is 0 Å². The summed E-state index contributed by atoms with van der Waals surface area (Å²) in [6.45, 7) is 2.65. The molecule has 1 amide bonds. The minimum absolute atomic E-state index is 0.0240. The van der Waals surface area contributed by atoms with E-state index in [-0.39, 0.29) is 18.0 Å². The summed E-state index contributed by atoms with van der Waals surface area (Å²) >= 11 is 0. The van der Waals surface area contributed by atoms with E-state index in [0.717, 1.165) is 23.3 Å². The summed E-state index contributed by atoms with van der Waals surface area (Å²) in [6, 6.07) is 16.4. The van der Waals surface area contributed by atoms with Gasteiger partial charge in [-0.1, -0.05) is 42.0 Å². The number of aryl methyl sites for hydroxylation is 2. The first-order chi connectivity index (χ1) is 13.1. The molecule has 6 nitrogen and oxygen atoms in total. The van der Waals surface area contributed by atoms with Crippen LogP contribution < -0.4 is 16.2 Å². The lowest BCUT2D eigenvalue weighted by atomic mass is 10.0. The first kappa shape index (κ1) is 17.7. The molecule has 1 fully saturated rings. The Morgan fingerprint density at radius 2 is 1.96 bits per heavy atom. The second kappa shape index (κ2) is 7.50. The molecule has 0 bridgehead atoms. The fourth-order valence-corrected chi connectivity index (χ4v) is 3.59. The summed E-state index contributed by atoms with van der Waals surface area (Å²) in [5.41, 5.74) is 10.9. The van der Waals surface area contributed by atoms with Crippen molar-refractivity contribution in [1.82, 2.24) is 25.7 Å². The average molecular weight is 363 g/mol. The first-order valence-electron chi connectivity index (χ1n) is 9.37. The van der Waals surface area contributed by atoms with Crippen LogP contribution in [-0.4, -0.2) is 28.0 Å². The predicted octanol–water partition coefficient (Wildman–Crippen LogP) is 2.15. The molecule has 3 N–H and O–H groups in total. The van der Waals surface area contributed by atoms with Crippen molar-refractivity contribution in [2.45, 2.75) is 31.8 Å². The SMILES string of the molecule is Cc1ccc(C2CC(C(=O)NCCc3nc4ccccc4n3C)NN2)cc1. The zero-order chi connectivity index (χ0) is 18.8. The topological polar surface area (TPSA) is 71.0 Å². The molecule has 140 valence electrons. The lowest BCUT2D eigenvalue weighted by Crippen LogP contribution is -2.43. The van der Waals surface area contributed by atoms with Crippen molar-refractivity contribution in [3.63, 3.8) is 0 Å². The van der Waals surface area contributed by atoms with Gasteiger partial charge in [-0.15, -0.1) is 0 Å². The van der Waals surface area contributed by atoms with Crippen LogP contribution in [0, 0.1) is 6.92 Å². The van der Waals surface area contributed by atoms with E-state index in [0.29, 0.717) is 13.0 Å². The highest BCUT2D eigenvalue weighted by molar-refractivity contribution is 5.82. The summed E-state index contributed by atoms with van der Waals surface area (Å²) in [4.78, 5) is 17.1. The van der Waals surface area contributed by atoms with Crippen molar-refractivity contribution in [2.24, 2.45) is 7.05 Å². The number of fused-ring (bicyclic) bond motifs is 1. The molecule has 6 heteroatoms. The van der Waals surface area contributed by atoms with Gasteiger partial charge in [0.05, 0.1) is 11.0 Å². The Bertz CT molecular complexity index is 947. The average Bonchev–Trinajstić information content (AvgIpc) is 3.29. The van der Waals surface area contributed by atoms with Crippen LogP contribution >= 0.6 is 0 Å². The van der Waals surface area contributed by atoms with Crippen LogP contribution in [0.1, 0.15) is 29.4 Å². The lowest BCUT2D eigenvalue weighted by molar-refractivity contribution is -0.122. The highest BCUT2D eigenvalue weighted by Gasteiger charge is 2.29. The molecule has 0 aliphatic carbocycles. The number of nitrogens with zero attached hydrogens (tertiary/aromatic N) is 2. The Balaban J connectivity index is 1.30. The zero-order valence-corrected chi connectivity index (χ0v) is 15.7. The summed E-state index contributed by atoms with van der Waals surface area (Å²) in [6.07, 6.45) is 1.44. The number of amides is 1. The number of rotatable bonds is 5. The van der Waals surface area contributed by atoms with Gasteiger partial charge in [0.1, 0.15) is 11.9 Å². The summed E-state index contributed by atoms with van der Waals surface area (Å²) < 4.78 is 2.09. The third-order valence-corrected chi connectivity index (χ3v) is 5.23. The number of carbonyl (C=O) groups is 1. The van der Waals surface area contributed by atoms with Gasteiger partial charge in [0.25, 0.3) is 0 Å². The van der Waals surface area contributed by atoms with Crippen LogP contribution in [0.25, 0.3) is 11.0 Å². The number of nitrogens with one attached hydrogen (secondary N) is 3. The van der Waals surface area contributed by atoms with Gasteiger partial charge in [-0.3, -0.25) is 4.79 Å². The number of hydrogen-bond donors (Lipinski definition) is 3. The highest BCUT2D eigenvalue weighted by atomic mass is 16.2. The maximum Gasteiger partial charge on any atom is 0.238 e. The van der Waals surface area contributed by atoms with Gasteiger partial charge in [0, 0.05) is 26.1 Å². The maximum absolute atomic E-state index is 12.5. The van der Waals surface area contributed by atoms with Gasteiger partial charge in [0.15, 0.2) is 0 Å². The smallest absolute Gasteiger partial charge is 0.238 e. The minimum Gasteiger partial charge on any atom is -0.354 e. The zero-order valence-electron chi connectivity index (χ0n) is 15.7. The molecule has 1 aliphatic rings. The monoisotopic (exact) mass is 363 g/mol. The van der Waals surface area contributed by atoms with E-state index in [9.17, 15) is 4.79 Å². The van der Waals surface area contributed by atoms with E-state index in [2.05, 4.69) is 63.0 Å². The molecule has 3 aromatic rings. The van der Waals surface area contributed by atoms with Crippen molar-refractivity contribution in [3.8, 4) is 0 Å².